The number of hydrogen-bond acceptors (Lipinski definition) is 3. The van der Waals surface area contributed by atoms with Crippen molar-refractivity contribution in [3.63, 3.8) is 0 Å². The molecule has 3 nitrogen and oxygen atoms in total. The van der Waals surface area contributed by atoms with Crippen molar-refractivity contribution in [2.45, 2.75) is 44.7 Å². The second-order valence-corrected chi connectivity index (χ2v) is 5.37. The molecule has 1 saturated heterocycles. The van der Waals surface area contributed by atoms with Gasteiger partial charge in [0.05, 0.1) is 11.2 Å². The van der Waals surface area contributed by atoms with Crippen molar-refractivity contribution in [2.75, 3.05) is 13.1 Å². The number of rotatable bonds is 1. The zero-order valence-corrected chi connectivity index (χ0v) is 10.0. The van der Waals surface area contributed by atoms with Crippen molar-refractivity contribution in [2.24, 2.45) is 0 Å². The van der Waals surface area contributed by atoms with Gasteiger partial charge in [0.15, 0.2) is 0 Å². The zero-order valence-electron chi connectivity index (χ0n) is 10.0. The van der Waals surface area contributed by atoms with Crippen LogP contribution >= 0.6 is 0 Å². The Balaban J connectivity index is 2.08. The van der Waals surface area contributed by atoms with E-state index in [9.17, 15) is 0 Å². The van der Waals surface area contributed by atoms with Crippen molar-refractivity contribution in [1.29, 1.82) is 0 Å². The third-order valence-corrected chi connectivity index (χ3v) is 3.65. The Morgan fingerprint density at radius 2 is 1.80 bits per heavy atom. The van der Waals surface area contributed by atoms with Crippen molar-refractivity contribution in [3.8, 4) is 0 Å². The summed E-state index contributed by atoms with van der Waals surface area (Å²) in [5.41, 5.74) is -0.439. The molecule has 2 heterocycles. The maximum Gasteiger partial charge on any atom is 0.466 e. The summed E-state index contributed by atoms with van der Waals surface area (Å²) in [6, 6.07) is 0. The zero-order chi connectivity index (χ0) is 11.1. The predicted octanol–water partition coefficient (Wildman–Crippen LogP) is 1.61. The Kier molecular flexibility index (Phi) is 2.69. The molecular weight excluding hydrogens is 189 g/mol. The lowest BCUT2D eigenvalue weighted by atomic mass is 9.71. The largest absolute Gasteiger partial charge is 0.466 e. The van der Waals surface area contributed by atoms with Gasteiger partial charge >= 0.3 is 7.12 Å². The van der Waals surface area contributed by atoms with Crippen LogP contribution in [0.3, 0.4) is 0 Å². The first-order valence-corrected chi connectivity index (χ1v) is 5.65. The van der Waals surface area contributed by atoms with E-state index < -0.39 is 0 Å². The van der Waals surface area contributed by atoms with Crippen LogP contribution in [-0.2, 0) is 9.31 Å². The van der Waals surface area contributed by atoms with Crippen LogP contribution in [0.2, 0.25) is 5.82 Å². The fourth-order valence-electron chi connectivity index (χ4n) is 1.89. The van der Waals surface area contributed by atoms with Crippen LogP contribution in [0, 0.1) is 0 Å². The molecule has 2 aliphatic heterocycles. The van der Waals surface area contributed by atoms with E-state index in [0.29, 0.717) is 5.82 Å². The van der Waals surface area contributed by atoms with Crippen molar-refractivity contribution >= 4 is 7.12 Å². The van der Waals surface area contributed by atoms with Gasteiger partial charge in [-0.25, -0.2) is 0 Å². The summed E-state index contributed by atoms with van der Waals surface area (Å²) in [5.74, 6) is 0.333. The molecule has 0 bridgehead atoms. The first-order valence-electron chi connectivity index (χ1n) is 5.65. The number of hydrogen-bond donors (Lipinski definition) is 1. The van der Waals surface area contributed by atoms with E-state index in [-0.39, 0.29) is 18.3 Å². The molecule has 0 aromatic carbocycles. The van der Waals surface area contributed by atoms with E-state index in [1.54, 1.807) is 0 Å². The summed E-state index contributed by atoms with van der Waals surface area (Å²) >= 11 is 0. The molecule has 1 atom stereocenters. The molecule has 1 fully saturated rings. The van der Waals surface area contributed by atoms with Gasteiger partial charge in [-0.2, -0.15) is 0 Å². The highest BCUT2D eigenvalue weighted by Gasteiger charge is 2.53. The summed E-state index contributed by atoms with van der Waals surface area (Å²) in [5, 5.41) is 3.32. The SMILES string of the molecule is CC1(C)OB(C2C=CCNC2)OC1(C)C. The Bertz CT molecular complexity index is 260. The van der Waals surface area contributed by atoms with Gasteiger partial charge in [-0.1, -0.05) is 12.2 Å². The van der Waals surface area contributed by atoms with Gasteiger partial charge in [0.2, 0.25) is 0 Å². The second kappa shape index (κ2) is 3.61. The summed E-state index contributed by atoms with van der Waals surface area (Å²) in [4.78, 5) is 0. The molecular formula is C11H20BNO2. The summed E-state index contributed by atoms with van der Waals surface area (Å²) < 4.78 is 12.0. The summed E-state index contributed by atoms with van der Waals surface area (Å²) in [6.07, 6.45) is 4.33. The molecule has 15 heavy (non-hydrogen) atoms. The van der Waals surface area contributed by atoms with E-state index in [2.05, 4.69) is 45.2 Å². The van der Waals surface area contributed by atoms with Crippen molar-refractivity contribution < 1.29 is 9.31 Å². The molecule has 1 N–H and O–H groups in total. The Morgan fingerprint density at radius 3 is 2.27 bits per heavy atom. The van der Waals surface area contributed by atoms with E-state index in [0.717, 1.165) is 13.1 Å². The predicted molar refractivity (Wildman–Crippen MR) is 61.8 cm³/mol. The van der Waals surface area contributed by atoms with Gasteiger partial charge in [-0.3, -0.25) is 0 Å². The minimum Gasteiger partial charge on any atom is -0.403 e. The monoisotopic (exact) mass is 209 g/mol. The highest BCUT2D eigenvalue weighted by Crippen LogP contribution is 2.40. The smallest absolute Gasteiger partial charge is 0.403 e. The maximum atomic E-state index is 5.99. The van der Waals surface area contributed by atoms with Gasteiger partial charge in [0.1, 0.15) is 0 Å². The minimum atomic E-state index is -0.219. The highest BCUT2D eigenvalue weighted by atomic mass is 16.7. The van der Waals surface area contributed by atoms with Gasteiger partial charge in [-0.15, -0.1) is 0 Å². The average molecular weight is 209 g/mol. The molecule has 4 heteroatoms. The van der Waals surface area contributed by atoms with Gasteiger partial charge in [0, 0.05) is 18.9 Å². The van der Waals surface area contributed by atoms with Gasteiger partial charge < -0.3 is 14.6 Å². The van der Waals surface area contributed by atoms with Crippen LogP contribution in [0.5, 0.6) is 0 Å². The molecule has 0 aromatic rings. The second-order valence-electron chi connectivity index (χ2n) is 5.37. The van der Waals surface area contributed by atoms with Crippen LogP contribution in [0.4, 0.5) is 0 Å². The first-order chi connectivity index (χ1) is 6.92. The Labute approximate surface area is 92.4 Å². The molecule has 1 unspecified atom stereocenters. The lowest BCUT2D eigenvalue weighted by Crippen LogP contribution is -2.41. The Hall–Kier alpha value is -0.315. The molecule has 0 aliphatic carbocycles. The molecule has 2 rings (SSSR count). The van der Waals surface area contributed by atoms with Crippen molar-refractivity contribution in [1.82, 2.24) is 5.32 Å². The average Bonchev–Trinajstić information content (AvgIpc) is 2.38. The lowest BCUT2D eigenvalue weighted by Gasteiger charge is -2.32. The topological polar surface area (TPSA) is 30.5 Å². The van der Waals surface area contributed by atoms with Crippen LogP contribution in [-0.4, -0.2) is 31.4 Å². The molecule has 0 saturated carbocycles. The standard InChI is InChI=1S/C11H20BNO2/c1-10(2)11(3,4)15-12(14-10)9-6-5-7-13-8-9/h5-6,9,13H,7-8H2,1-4H3. The quantitative estimate of drug-likeness (QED) is 0.525. The maximum absolute atomic E-state index is 5.99. The van der Waals surface area contributed by atoms with Crippen LogP contribution in [0.15, 0.2) is 12.2 Å². The highest BCUT2D eigenvalue weighted by molar-refractivity contribution is 6.48. The summed E-state index contributed by atoms with van der Waals surface area (Å²) in [6.45, 7) is 10.3. The fraction of sp³-hybridized carbons (Fsp3) is 0.818. The van der Waals surface area contributed by atoms with E-state index in [4.69, 9.17) is 9.31 Å². The van der Waals surface area contributed by atoms with E-state index in [1.165, 1.54) is 0 Å². The summed E-state index contributed by atoms with van der Waals surface area (Å²) in [7, 11) is -0.112. The molecule has 2 aliphatic rings. The normalized spacial score (nSPS) is 33.3. The third kappa shape index (κ3) is 1.98. The Morgan fingerprint density at radius 1 is 1.20 bits per heavy atom. The molecule has 0 amide bonds. The van der Waals surface area contributed by atoms with Crippen LogP contribution in [0.1, 0.15) is 27.7 Å². The third-order valence-electron chi connectivity index (χ3n) is 3.65. The van der Waals surface area contributed by atoms with Gasteiger partial charge in [-0.05, 0) is 27.7 Å². The minimum absolute atomic E-state index is 0.112. The molecule has 0 radical (unpaired) electrons. The fourth-order valence-corrected chi connectivity index (χ4v) is 1.89. The molecule has 84 valence electrons. The van der Waals surface area contributed by atoms with E-state index >= 15 is 0 Å². The van der Waals surface area contributed by atoms with Crippen molar-refractivity contribution in [3.05, 3.63) is 12.2 Å². The van der Waals surface area contributed by atoms with Crippen LogP contribution in [0.25, 0.3) is 0 Å². The molecule has 0 aromatic heterocycles. The number of nitrogens with one attached hydrogen (secondary N) is 1. The van der Waals surface area contributed by atoms with E-state index in [1.807, 2.05) is 0 Å². The van der Waals surface area contributed by atoms with Gasteiger partial charge in [0.25, 0.3) is 0 Å². The first kappa shape index (κ1) is 11.2. The van der Waals surface area contributed by atoms with Crippen LogP contribution < -0.4 is 5.32 Å². The molecule has 0 spiro atoms. The lowest BCUT2D eigenvalue weighted by molar-refractivity contribution is 0.00578.